The first kappa shape index (κ1) is 19.1. The van der Waals surface area contributed by atoms with Gasteiger partial charge in [0.1, 0.15) is 5.82 Å². The van der Waals surface area contributed by atoms with Gasteiger partial charge in [0.15, 0.2) is 0 Å². The van der Waals surface area contributed by atoms with Crippen LogP contribution in [-0.2, 0) is 12.0 Å². The molecule has 3 heteroatoms. The van der Waals surface area contributed by atoms with Gasteiger partial charge in [-0.25, -0.2) is 4.39 Å². The lowest BCUT2D eigenvalue weighted by Gasteiger charge is -2.45. The summed E-state index contributed by atoms with van der Waals surface area (Å²) in [5.74, 6) is 0.532. The van der Waals surface area contributed by atoms with Crippen LogP contribution in [0.15, 0.2) is 48.5 Å². The fourth-order valence-corrected chi connectivity index (χ4v) is 4.56. The smallest absolute Gasteiger partial charge is 0.123 e. The van der Waals surface area contributed by atoms with E-state index >= 15 is 0 Å². The zero-order chi connectivity index (χ0) is 18.7. The summed E-state index contributed by atoms with van der Waals surface area (Å²) in [6.07, 6.45) is 3.71. The van der Waals surface area contributed by atoms with Crippen LogP contribution in [0.5, 0.6) is 0 Å². The second kappa shape index (κ2) is 7.89. The van der Waals surface area contributed by atoms with E-state index in [0.29, 0.717) is 5.92 Å². The van der Waals surface area contributed by atoms with Gasteiger partial charge in [0, 0.05) is 12.5 Å². The summed E-state index contributed by atoms with van der Waals surface area (Å²) < 4.78 is 13.2. The average Bonchev–Trinajstić information content (AvgIpc) is 2.60. The Morgan fingerprint density at radius 3 is 2.46 bits per heavy atom. The van der Waals surface area contributed by atoms with Crippen LogP contribution in [0.1, 0.15) is 36.0 Å². The lowest BCUT2D eigenvalue weighted by atomic mass is 9.66. The van der Waals surface area contributed by atoms with Crippen LogP contribution < -0.4 is 0 Å². The minimum atomic E-state index is -0.769. The third kappa shape index (κ3) is 4.16. The predicted octanol–water partition coefficient (Wildman–Crippen LogP) is 4.54. The van der Waals surface area contributed by atoms with Gasteiger partial charge in [0.05, 0.1) is 5.60 Å². The molecule has 140 valence electrons. The molecule has 0 spiro atoms. The van der Waals surface area contributed by atoms with E-state index in [4.69, 9.17) is 0 Å². The van der Waals surface area contributed by atoms with Crippen LogP contribution in [0.4, 0.5) is 4.39 Å². The Morgan fingerprint density at radius 2 is 1.81 bits per heavy atom. The molecule has 1 N–H and O–H groups in total. The van der Waals surface area contributed by atoms with E-state index in [1.807, 2.05) is 24.3 Å². The Balaban J connectivity index is 1.81. The molecule has 0 aliphatic heterocycles. The number of benzene rings is 2. The molecule has 0 saturated heterocycles. The summed E-state index contributed by atoms with van der Waals surface area (Å²) >= 11 is 0. The van der Waals surface area contributed by atoms with Crippen molar-refractivity contribution in [2.45, 2.75) is 38.2 Å². The monoisotopic (exact) mass is 355 g/mol. The minimum absolute atomic E-state index is 0.184. The van der Waals surface area contributed by atoms with E-state index in [1.165, 1.54) is 5.56 Å². The van der Waals surface area contributed by atoms with Gasteiger partial charge in [-0.3, -0.25) is 0 Å². The number of aliphatic hydroxyl groups is 1. The highest BCUT2D eigenvalue weighted by Gasteiger charge is 2.43. The molecule has 26 heavy (non-hydrogen) atoms. The van der Waals surface area contributed by atoms with Crippen molar-refractivity contribution in [2.24, 2.45) is 11.8 Å². The normalized spacial score (nSPS) is 26.2. The van der Waals surface area contributed by atoms with Crippen LogP contribution in [-0.4, -0.2) is 30.6 Å². The Morgan fingerprint density at radius 1 is 1.12 bits per heavy atom. The molecule has 2 aromatic rings. The number of aryl methyl sites for hydroxylation is 1. The van der Waals surface area contributed by atoms with Crippen molar-refractivity contribution in [3.05, 3.63) is 71.0 Å². The maximum atomic E-state index is 13.2. The number of halogens is 1. The maximum Gasteiger partial charge on any atom is 0.123 e. The van der Waals surface area contributed by atoms with Gasteiger partial charge in [-0.15, -0.1) is 0 Å². The van der Waals surface area contributed by atoms with Gasteiger partial charge >= 0.3 is 0 Å². The highest BCUT2D eigenvalue weighted by atomic mass is 19.1. The number of rotatable bonds is 5. The standard InChI is InChI=1S/C23H30FNO/c1-17-6-4-5-7-22(17)23(26)13-12-19(15-20(23)16-25(2)3)14-18-8-10-21(24)11-9-18/h4-11,19-20,26H,12-16H2,1-3H3. The summed E-state index contributed by atoms with van der Waals surface area (Å²) in [7, 11) is 4.14. The van der Waals surface area contributed by atoms with Crippen LogP contribution in [0.2, 0.25) is 0 Å². The molecule has 1 aliphatic rings. The largest absolute Gasteiger partial charge is 0.385 e. The molecule has 2 nitrogen and oxygen atoms in total. The molecule has 0 bridgehead atoms. The van der Waals surface area contributed by atoms with Crippen LogP contribution in [0.25, 0.3) is 0 Å². The highest BCUT2D eigenvalue weighted by Crippen LogP contribution is 2.45. The minimum Gasteiger partial charge on any atom is -0.385 e. The lowest BCUT2D eigenvalue weighted by molar-refractivity contribution is -0.0756. The zero-order valence-electron chi connectivity index (χ0n) is 16.1. The first-order valence-corrected chi connectivity index (χ1v) is 9.56. The molecule has 0 amide bonds. The zero-order valence-corrected chi connectivity index (χ0v) is 16.1. The van der Waals surface area contributed by atoms with Crippen molar-refractivity contribution in [2.75, 3.05) is 20.6 Å². The third-order valence-corrected chi connectivity index (χ3v) is 5.86. The van der Waals surface area contributed by atoms with E-state index in [-0.39, 0.29) is 11.7 Å². The molecule has 3 unspecified atom stereocenters. The number of nitrogens with zero attached hydrogens (tertiary/aromatic N) is 1. The Hall–Kier alpha value is -1.71. The lowest BCUT2D eigenvalue weighted by Crippen LogP contribution is -2.45. The van der Waals surface area contributed by atoms with Gasteiger partial charge in [-0.1, -0.05) is 36.4 Å². The summed E-state index contributed by atoms with van der Waals surface area (Å²) in [5.41, 5.74) is 2.65. The van der Waals surface area contributed by atoms with Crippen molar-refractivity contribution >= 4 is 0 Å². The van der Waals surface area contributed by atoms with Gasteiger partial charge in [0.25, 0.3) is 0 Å². The van der Waals surface area contributed by atoms with Crippen LogP contribution >= 0.6 is 0 Å². The Labute approximate surface area is 156 Å². The van der Waals surface area contributed by atoms with Crippen molar-refractivity contribution in [3.63, 3.8) is 0 Å². The molecular weight excluding hydrogens is 325 g/mol. The van der Waals surface area contributed by atoms with E-state index in [9.17, 15) is 9.50 Å². The van der Waals surface area contributed by atoms with Crippen molar-refractivity contribution in [3.8, 4) is 0 Å². The molecule has 3 atom stereocenters. The molecule has 0 radical (unpaired) electrons. The van der Waals surface area contributed by atoms with Gasteiger partial charge in [-0.05, 0) is 81.4 Å². The van der Waals surface area contributed by atoms with Gasteiger partial charge in [0.2, 0.25) is 0 Å². The average molecular weight is 355 g/mol. The predicted molar refractivity (Wildman–Crippen MR) is 105 cm³/mol. The molecule has 2 aromatic carbocycles. The maximum absolute atomic E-state index is 13.2. The summed E-state index contributed by atoms with van der Waals surface area (Å²) in [6, 6.07) is 15.1. The van der Waals surface area contributed by atoms with Gasteiger partial charge in [-0.2, -0.15) is 0 Å². The van der Waals surface area contributed by atoms with Crippen molar-refractivity contribution in [1.82, 2.24) is 4.90 Å². The highest BCUT2D eigenvalue weighted by molar-refractivity contribution is 5.32. The Kier molecular flexibility index (Phi) is 5.79. The van der Waals surface area contributed by atoms with Crippen molar-refractivity contribution < 1.29 is 9.50 Å². The molecular formula is C23H30FNO. The molecule has 3 rings (SSSR count). The number of hydrogen-bond acceptors (Lipinski definition) is 2. The molecule has 1 saturated carbocycles. The fraction of sp³-hybridized carbons (Fsp3) is 0.478. The third-order valence-electron chi connectivity index (χ3n) is 5.86. The first-order valence-electron chi connectivity index (χ1n) is 9.56. The Bertz CT molecular complexity index is 727. The first-order chi connectivity index (χ1) is 12.4. The summed E-state index contributed by atoms with van der Waals surface area (Å²) in [4.78, 5) is 2.17. The summed E-state index contributed by atoms with van der Waals surface area (Å²) in [5, 5.41) is 11.7. The van der Waals surface area contributed by atoms with Crippen LogP contribution in [0, 0.1) is 24.6 Å². The molecule has 0 aromatic heterocycles. The fourth-order valence-electron chi connectivity index (χ4n) is 4.56. The van der Waals surface area contributed by atoms with E-state index in [1.54, 1.807) is 12.1 Å². The molecule has 1 aliphatic carbocycles. The summed E-state index contributed by atoms with van der Waals surface area (Å²) in [6.45, 7) is 2.95. The number of hydrogen-bond donors (Lipinski definition) is 1. The molecule has 0 heterocycles. The van der Waals surface area contributed by atoms with Crippen molar-refractivity contribution in [1.29, 1.82) is 0 Å². The topological polar surface area (TPSA) is 23.5 Å². The quantitative estimate of drug-likeness (QED) is 0.851. The SMILES string of the molecule is Cc1ccccc1C1(O)CCC(Cc2ccc(F)cc2)CC1CN(C)C. The van der Waals surface area contributed by atoms with Crippen LogP contribution in [0.3, 0.4) is 0 Å². The van der Waals surface area contributed by atoms with E-state index in [0.717, 1.165) is 43.4 Å². The second-order valence-corrected chi connectivity index (χ2v) is 8.17. The second-order valence-electron chi connectivity index (χ2n) is 8.17. The van der Waals surface area contributed by atoms with Gasteiger partial charge < -0.3 is 10.0 Å². The molecule has 1 fully saturated rings. The van der Waals surface area contributed by atoms with E-state index in [2.05, 4.69) is 38.1 Å². The van der Waals surface area contributed by atoms with E-state index < -0.39 is 5.60 Å².